The van der Waals surface area contributed by atoms with Gasteiger partial charge in [-0.15, -0.1) is 0 Å². The van der Waals surface area contributed by atoms with Crippen LogP contribution in [0, 0.1) is 29.1 Å². The third-order valence-electron chi connectivity index (χ3n) is 4.39. The molecule has 1 atom stereocenters. The summed E-state index contributed by atoms with van der Waals surface area (Å²) in [6, 6.07) is 15.7. The Balaban J connectivity index is 0.000000248. The molecule has 0 spiro atoms. The maximum Gasteiger partial charge on any atom is 0.515 e. The topological polar surface area (TPSA) is 34.1 Å². The fourth-order valence-electron chi connectivity index (χ4n) is 2.67. The summed E-state index contributed by atoms with van der Waals surface area (Å²) in [5, 5.41) is 0.591. The van der Waals surface area contributed by atoms with E-state index in [1.807, 2.05) is 6.07 Å². The molecular weight excluding hydrogens is 515 g/mol. The molecule has 3 aromatic carbocycles. The Bertz CT molecular complexity index is 1210. The first-order chi connectivity index (χ1) is 15.7. The number of Topliss-reactive ketones (excluding diaryl/α,β-unsaturated/α-hetero) is 1. The maximum absolute atomic E-state index is 12.6. The van der Waals surface area contributed by atoms with Crippen molar-refractivity contribution in [2.45, 2.75) is 4.90 Å². The van der Waals surface area contributed by atoms with Gasteiger partial charge in [-0.25, -0.2) is 22.0 Å². The van der Waals surface area contributed by atoms with Crippen molar-refractivity contribution >= 4 is 39.8 Å². The minimum absolute atomic E-state index is 0.0125. The summed E-state index contributed by atoms with van der Waals surface area (Å²) >= 11 is 5.80. The second-order valence-electron chi connectivity index (χ2n) is 6.95. The second kappa shape index (κ2) is 10.7. The van der Waals surface area contributed by atoms with Crippen LogP contribution >= 0.6 is 11.6 Å². The summed E-state index contributed by atoms with van der Waals surface area (Å²) < 4.78 is 110. The molecular formula is C21H14BClF8O2S. The molecule has 2 nitrogen and oxygen atoms in total. The third-order valence-corrected chi connectivity index (χ3v) is 6.72. The Kier molecular flexibility index (Phi) is 8.65. The lowest BCUT2D eigenvalue weighted by molar-refractivity contribution is 0.102. The SMILES string of the molecule is C[S+](=O)(CC(=O)c1ccccc1)c1ccc(Cl)cc1.Fc1c(F)c(F)c([B-](F)(F)F)c(F)c1F. The van der Waals surface area contributed by atoms with Gasteiger partial charge in [-0.05, 0) is 29.7 Å². The molecule has 3 aromatic rings. The fraction of sp³-hybridized carbons (Fsp3) is 0.0952. The van der Waals surface area contributed by atoms with Gasteiger partial charge in [0, 0.05) is 10.6 Å². The summed E-state index contributed by atoms with van der Waals surface area (Å²) in [6.07, 6.45) is 1.61. The Morgan fingerprint density at radius 1 is 0.794 bits per heavy atom. The molecule has 0 N–H and O–H groups in total. The highest BCUT2D eigenvalue weighted by molar-refractivity contribution is 8.03. The molecule has 34 heavy (non-hydrogen) atoms. The van der Waals surface area contributed by atoms with Crippen molar-refractivity contribution < 1.29 is 43.9 Å². The lowest BCUT2D eigenvalue weighted by atomic mass is 9.79. The first-order valence-corrected chi connectivity index (χ1v) is 11.7. The smallest absolute Gasteiger partial charge is 0.445 e. The molecule has 13 heteroatoms. The van der Waals surface area contributed by atoms with Gasteiger partial charge in [0.2, 0.25) is 5.78 Å². The van der Waals surface area contributed by atoms with Gasteiger partial charge >= 0.3 is 6.98 Å². The standard InChI is InChI=1S/C15H14ClO2S.C6BF8/c1-19(18,14-9-7-13(16)8-10-14)11-15(17)12-5-3-2-4-6-12;8-2-1(7(13,14)15)3(9)5(11)6(12)4(2)10/h2-10H,11H2,1H3;/q+1;-1. The molecule has 0 saturated heterocycles. The van der Waals surface area contributed by atoms with Crippen LogP contribution in [-0.2, 0) is 14.1 Å². The summed E-state index contributed by atoms with van der Waals surface area (Å²) in [5.74, 6) is -13.7. The van der Waals surface area contributed by atoms with Crippen molar-refractivity contribution in [3.05, 3.63) is 94.3 Å². The van der Waals surface area contributed by atoms with Crippen molar-refractivity contribution in [2.75, 3.05) is 12.0 Å². The van der Waals surface area contributed by atoms with E-state index in [0.29, 0.717) is 15.5 Å². The van der Waals surface area contributed by atoms with Crippen molar-refractivity contribution in [1.29, 1.82) is 0 Å². The van der Waals surface area contributed by atoms with Crippen molar-refractivity contribution in [3.8, 4) is 0 Å². The summed E-state index contributed by atoms with van der Waals surface area (Å²) in [6.45, 7) is -6.30. The summed E-state index contributed by atoms with van der Waals surface area (Å²) in [4.78, 5) is 12.7. The number of rotatable bonds is 5. The highest BCUT2D eigenvalue weighted by Crippen LogP contribution is 2.22. The molecule has 0 fully saturated rings. The van der Waals surface area contributed by atoms with Gasteiger partial charge < -0.3 is 12.9 Å². The molecule has 182 valence electrons. The molecule has 0 aliphatic rings. The van der Waals surface area contributed by atoms with Gasteiger partial charge in [0.25, 0.3) is 0 Å². The van der Waals surface area contributed by atoms with Crippen LogP contribution in [0.25, 0.3) is 0 Å². The van der Waals surface area contributed by atoms with Crippen LogP contribution in [0.5, 0.6) is 0 Å². The number of halogens is 9. The lowest BCUT2D eigenvalue weighted by Crippen LogP contribution is -2.41. The van der Waals surface area contributed by atoms with E-state index in [2.05, 4.69) is 0 Å². The molecule has 0 aliphatic carbocycles. The first kappa shape index (κ1) is 27.5. The average Bonchev–Trinajstić information content (AvgIpc) is 2.76. The summed E-state index contributed by atoms with van der Waals surface area (Å²) in [5.41, 5.74) is -2.14. The quantitative estimate of drug-likeness (QED) is 0.0995. The van der Waals surface area contributed by atoms with Crippen LogP contribution in [0.4, 0.5) is 34.9 Å². The average molecular weight is 529 g/mol. The molecule has 0 aliphatic heterocycles. The van der Waals surface area contributed by atoms with E-state index in [1.54, 1.807) is 54.8 Å². The number of carbonyl (C=O) groups excluding carboxylic acids is 1. The van der Waals surface area contributed by atoms with Crippen LogP contribution in [0.2, 0.25) is 5.02 Å². The molecule has 0 heterocycles. The van der Waals surface area contributed by atoms with Crippen molar-refractivity contribution in [3.63, 3.8) is 0 Å². The Morgan fingerprint density at radius 2 is 1.24 bits per heavy atom. The van der Waals surface area contributed by atoms with Gasteiger partial charge in [0.05, 0.1) is 0 Å². The van der Waals surface area contributed by atoms with Gasteiger partial charge in [0.15, 0.2) is 28.1 Å². The van der Waals surface area contributed by atoms with Gasteiger partial charge in [0.1, 0.15) is 27.8 Å². The van der Waals surface area contributed by atoms with E-state index in [4.69, 9.17) is 11.6 Å². The minimum Gasteiger partial charge on any atom is -0.445 e. The third kappa shape index (κ3) is 6.44. The molecule has 0 radical (unpaired) electrons. The van der Waals surface area contributed by atoms with Crippen LogP contribution in [-0.4, -0.2) is 24.8 Å². The number of ketones is 1. The number of hydrogen-bond donors (Lipinski definition) is 0. The van der Waals surface area contributed by atoms with E-state index in [9.17, 15) is 43.9 Å². The maximum atomic E-state index is 12.6. The van der Waals surface area contributed by atoms with Gasteiger partial charge in [-0.2, -0.15) is 0 Å². The van der Waals surface area contributed by atoms with Crippen molar-refractivity contribution in [1.82, 2.24) is 0 Å². The highest BCUT2D eigenvalue weighted by atomic mass is 35.5. The zero-order valence-electron chi connectivity index (χ0n) is 17.1. The number of benzene rings is 3. The van der Waals surface area contributed by atoms with Crippen LogP contribution in [0.3, 0.4) is 0 Å². The lowest BCUT2D eigenvalue weighted by Gasteiger charge is -2.17. The molecule has 3 rings (SSSR count). The Hall–Kier alpha value is -2.73. The Morgan fingerprint density at radius 3 is 1.68 bits per heavy atom. The second-order valence-corrected chi connectivity index (χ2v) is 10.2. The van der Waals surface area contributed by atoms with E-state index in [-0.39, 0.29) is 11.5 Å². The van der Waals surface area contributed by atoms with E-state index < -0.39 is 51.5 Å². The van der Waals surface area contributed by atoms with E-state index in [1.165, 1.54) is 0 Å². The predicted octanol–water partition coefficient (Wildman–Crippen LogP) is 6.15. The monoisotopic (exact) mass is 528 g/mol. The van der Waals surface area contributed by atoms with Crippen LogP contribution < -0.4 is 5.46 Å². The largest absolute Gasteiger partial charge is 0.515 e. The molecule has 0 bridgehead atoms. The highest BCUT2D eigenvalue weighted by Gasteiger charge is 2.38. The Labute approximate surface area is 195 Å². The normalized spacial score (nSPS) is 13.0. The van der Waals surface area contributed by atoms with E-state index in [0.717, 1.165) is 0 Å². The zero-order chi connectivity index (χ0) is 25.8. The van der Waals surface area contributed by atoms with Gasteiger partial charge in [-0.3, -0.25) is 4.79 Å². The predicted molar refractivity (Wildman–Crippen MR) is 114 cm³/mol. The van der Waals surface area contributed by atoms with Crippen LogP contribution in [0.15, 0.2) is 59.5 Å². The fourth-order valence-corrected chi connectivity index (χ4v) is 4.34. The van der Waals surface area contributed by atoms with Crippen LogP contribution in [0.1, 0.15) is 10.4 Å². The molecule has 1 unspecified atom stereocenters. The molecule has 0 aromatic heterocycles. The number of hydrogen-bond acceptors (Lipinski definition) is 2. The molecule has 0 amide bonds. The summed E-state index contributed by atoms with van der Waals surface area (Å²) in [7, 11) is -2.38. The van der Waals surface area contributed by atoms with Crippen molar-refractivity contribution in [2.24, 2.45) is 0 Å². The zero-order valence-corrected chi connectivity index (χ0v) is 18.7. The minimum atomic E-state index is -6.30. The first-order valence-electron chi connectivity index (χ1n) is 9.18. The van der Waals surface area contributed by atoms with Gasteiger partial charge in [-0.1, -0.05) is 46.1 Å². The van der Waals surface area contributed by atoms with E-state index >= 15 is 0 Å². The molecule has 0 saturated carbocycles. The number of carbonyl (C=O) groups is 1.